The molecule has 3 aromatic carbocycles. The van der Waals surface area contributed by atoms with Gasteiger partial charge in [-0.1, -0.05) is 53.8 Å². The van der Waals surface area contributed by atoms with Crippen LogP contribution in [-0.2, 0) is 9.53 Å². The first-order valence-electron chi connectivity index (χ1n) is 12.3. The van der Waals surface area contributed by atoms with Crippen molar-refractivity contribution in [2.24, 2.45) is 4.99 Å². The average molecular weight is 529 g/mol. The normalized spacial score (nSPS) is 15.3. The first-order valence-corrected chi connectivity index (χ1v) is 13.1. The molecule has 0 N–H and O–H groups in total. The standard InChI is InChI=1S/C30H28N2O5S/c1-6-37-29(34)25-18(3)31-30-32(27(25)26-21-10-8-7-9-20(21)13-14-22(26)35-4)28(33)24(38-30)16-19-12-11-17(2)23(15-19)36-5/h7-16,27H,6H2,1-5H3. The van der Waals surface area contributed by atoms with Crippen LogP contribution in [0, 0.1) is 6.92 Å². The molecule has 5 rings (SSSR count). The highest BCUT2D eigenvalue weighted by atomic mass is 32.1. The molecule has 4 aromatic rings. The number of aryl methyl sites for hydroxylation is 1. The van der Waals surface area contributed by atoms with Gasteiger partial charge in [0.2, 0.25) is 0 Å². The number of hydrogen-bond donors (Lipinski definition) is 0. The lowest BCUT2D eigenvalue weighted by Crippen LogP contribution is -2.40. The smallest absolute Gasteiger partial charge is 0.338 e. The third-order valence-corrected chi connectivity index (χ3v) is 7.65. The molecule has 0 radical (unpaired) electrons. The van der Waals surface area contributed by atoms with Gasteiger partial charge in [-0.05, 0) is 60.9 Å². The maximum atomic E-state index is 14.0. The van der Waals surface area contributed by atoms with E-state index in [0.717, 1.165) is 27.6 Å². The third kappa shape index (κ3) is 4.31. The van der Waals surface area contributed by atoms with Crippen LogP contribution in [0.5, 0.6) is 11.5 Å². The van der Waals surface area contributed by atoms with E-state index in [2.05, 4.69) is 4.99 Å². The van der Waals surface area contributed by atoms with Gasteiger partial charge in [-0.25, -0.2) is 9.79 Å². The van der Waals surface area contributed by atoms with Crippen LogP contribution in [-0.4, -0.2) is 31.4 Å². The maximum Gasteiger partial charge on any atom is 0.338 e. The van der Waals surface area contributed by atoms with Crippen molar-refractivity contribution in [2.45, 2.75) is 26.8 Å². The number of nitrogens with zero attached hydrogens (tertiary/aromatic N) is 2. The Balaban J connectivity index is 1.83. The first-order chi connectivity index (χ1) is 18.4. The summed E-state index contributed by atoms with van der Waals surface area (Å²) in [5, 5.41) is 1.85. The molecule has 0 spiro atoms. The van der Waals surface area contributed by atoms with E-state index in [-0.39, 0.29) is 12.2 Å². The molecule has 1 aliphatic heterocycles. The van der Waals surface area contributed by atoms with Gasteiger partial charge in [0.1, 0.15) is 17.5 Å². The van der Waals surface area contributed by atoms with E-state index in [1.807, 2.05) is 67.6 Å². The number of allylic oxidation sites excluding steroid dienone is 1. The van der Waals surface area contributed by atoms with Crippen LogP contribution in [0.2, 0.25) is 0 Å². The quantitative estimate of drug-likeness (QED) is 0.349. The lowest BCUT2D eigenvalue weighted by atomic mass is 9.90. The summed E-state index contributed by atoms with van der Waals surface area (Å²) in [5.41, 5.74) is 3.13. The van der Waals surface area contributed by atoms with E-state index in [4.69, 9.17) is 14.2 Å². The second kappa shape index (κ2) is 10.3. The predicted octanol–water partition coefficient (Wildman–Crippen LogP) is 4.28. The zero-order valence-electron chi connectivity index (χ0n) is 21.9. The minimum Gasteiger partial charge on any atom is -0.496 e. The molecule has 2 heterocycles. The van der Waals surface area contributed by atoms with E-state index in [0.29, 0.717) is 31.9 Å². The molecule has 1 atom stereocenters. The van der Waals surface area contributed by atoms with Gasteiger partial charge in [0.25, 0.3) is 5.56 Å². The minimum absolute atomic E-state index is 0.203. The summed E-state index contributed by atoms with van der Waals surface area (Å²) in [7, 11) is 3.21. The number of ether oxygens (including phenoxy) is 3. The van der Waals surface area contributed by atoms with Crippen molar-refractivity contribution in [3.63, 3.8) is 0 Å². The molecule has 1 aromatic heterocycles. The number of thiazole rings is 1. The molecular formula is C30H28N2O5S. The van der Waals surface area contributed by atoms with Crippen molar-refractivity contribution in [3.8, 4) is 11.5 Å². The molecule has 1 unspecified atom stereocenters. The Morgan fingerprint density at radius 2 is 1.82 bits per heavy atom. The number of esters is 1. The predicted molar refractivity (Wildman–Crippen MR) is 149 cm³/mol. The molecule has 194 valence electrons. The van der Waals surface area contributed by atoms with Gasteiger partial charge in [0.05, 0.1) is 36.6 Å². The van der Waals surface area contributed by atoms with Crippen molar-refractivity contribution in [2.75, 3.05) is 20.8 Å². The molecule has 8 heteroatoms. The molecule has 38 heavy (non-hydrogen) atoms. The van der Waals surface area contributed by atoms with Gasteiger partial charge < -0.3 is 14.2 Å². The van der Waals surface area contributed by atoms with E-state index in [1.54, 1.807) is 32.6 Å². The molecule has 0 bridgehead atoms. The highest BCUT2D eigenvalue weighted by Gasteiger charge is 2.36. The third-order valence-electron chi connectivity index (χ3n) is 6.67. The van der Waals surface area contributed by atoms with Crippen LogP contribution in [0.4, 0.5) is 0 Å². The number of hydrogen-bond acceptors (Lipinski definition) is 7. The minimum atomic E-state index is -0.777. The van der Waals surface area contributed by atoms with Crippen LogP contribution in [0.25, 0.3) is 16.8 Å². The Labute approximate surface area is 223 Å². The van der Waals surface area contributed by atoms with E-state index < -0.39 is 12.0 Å². The second-order valence-electron chi connectivity index (χ2n) is 8.93. The Morgan fingerprint density at radius 1 is 1.05 bits per heavy atom. The largest absolute Gasteiger partial charge is 0.496 e. The number of carbonyl (C=O) groups is 1. The average Bonchev–Trinajstić information content (AvgIpc) is 3.22. The van der Waals surface area contributed by atoms with Crippen LogP contribution in [0.1, 0.15) is 36.6 Å². The fourth-order valence-corrected chi connectivity index (χ4v) is 5.92. The molecular weight excluding hydrogens is 500 g/mol. The zero-order valence-corrected chi connectivity index (χ0v) is 22.7. The highest BCUT2D eigenvalue weighted by Crippen LogP contribution is 2.40. The van der Waals surface area contributed by atoms with Gasteiger partial charge in [-0.2, -0.15) is 0 Å². The molecule has 0 aliphatic carbocycles. The Morgan fingerprint density at radius 3 is 2.55 bits per heavy atom. The zero-order chi connectivity index (χ0) is 27.0. The summed E-state index contributed by atoms with van der Waals surface area (Å²) in [4.78, 5) is 32.6. The van der Waals surface area contributed by atoms with Crippen LogP contribution in [0.15, 0.2) is 75.7 Å². The number of fused-ring (bicyclic) bond motifs is 2. The molecule has 1 aliphatic rings. The second-order valence-corrected chi connectivity index (χ2v) is 9.94. The van der Waals surface area contributed by atoms with Crippen LogP contribution < -0.4 is 24.4 Å². The number of carbonyl (C=O) groups excluding carboxylic acids is 1. The summed E-state index contributed by atoms with van der Waals surface area (Å²) in [5.74, 6) is 0.805. The monoisotopic (exact) mass is 528 g/mol. The summed E-state index contributed by atoms with van der Waals surface area (Å²) >= 11 is 1.28. The lowest BCUT2D eigenvalue weighted by molar-refractivity contribution is -0.139. The number of rotatable bonds is 6. The lowest BCUT2D eigenvalue weighted by Gasteiger charge is -2.27. The highest BCUT2D eigenvalue weighted by molar-refractivity contribution is 7.07. The van der Waals surface area contributed by atoms with E-state index in [9.17, 15) is 9.59 Å². The molecule has 0 saturated carbocycles. The van der Waals surface area contributed by atoms with Gasteiger partial charge in [0.15, 0.2) is 4.80 Å². The van der Waals surface area contributed by atoms with Gasteiger partial charge in [-0.3, -0.25) is 9.36 Å². The number of aromatic nitrogens is 1. The van der Waals surface area contributed by atoms with Gasteiger partial charge in [0, 0.05) is 5.56 Å². The Hall–Kier alpha value is -4.17. The Kier molecular flexibility index (Phi) is 6.91. The van der Waals surface area contributed by atoms with E-state index in [1.165, 1.54) is 11.3 Å². The summed E-state index contributed by atoms with van der Waals surface area (Å²) < 4.78 is 18.8. The van der Waals surface area contributed by atoms with E-state index >= 15 is 0 Å². The molecule has 0 fully saturated rings. The number of benzene rings is 3. The van der Waals surface area contributed by atoms with Crippen LogP contribution in [0.3, 0.4) is 0 Å². The molecule has 7 nitrogen and oxygen atoms in total. The van der Waals surface area contributed by atoms with Crippen molar-refractivity contribution in [3.05, 3.63) is 102 Å². The Bertz CT molecular complexity index is 1780. The first kappa shape index (κ1) is 25.5. The van der Waals surface area contributed by atoms with Crippen molar-refractivity contribution in [1.82, 2.24) is 4.57 Å². The summed E-state index contributed by atoms with van der Waals surface area (Å²) in [6.07, 6.45) is 1.83. The number of methoxy groups -OCH3 is 2. The maximum absolute atomic E-state index is 14.0. The van der Waals surface area contributed by atoms with Crippen molar-refractivity contribution in [1.29, 1.82) is 0 Å². The van der Waals surface area contributed by atoms with Crippen molar-refractivity contribution < 1.29 is 19.0 Å². The molecule has 0 saturated heterocycles. The fourth-order valence-electron chi connectivity index (χ4n) is 4.88. The van der Waals surface area contributed by atoms with Gasteiger partial charge >= 0.3 is 5.97 Å². The SMILES string of the molecule is CCOC(=O)C1=C(C)N=c2sc(=Cc3ccc(C)c(OC)c3)c(=O)n2C1c1c(OC)ccc2ccccc12. The topological polar surface area (TPSA) is 79.1 Å². The van der Waals surface area contributed by atoms with Crippen molar-refractivity contribution >= 4 is 34.2 Å². The summed E-state index contributed by atoms with van der Waals surface area (Å²) in [6.45, 7) is 5.70. The van der Waals surface area contributed by atoms with Gasteiger partial charge in [-0.15, -0.1) is 0 Å². The van der Waals surface area contributed by atoms with Crippen LogP contribution >= 0.6 is 11.3 Å². The molecule has 0 amide bonds. The fraction of sp³-hybridized carbons (Fsp3) is 0.233. The summed E-state index contributed by atoms with van der Waals surface area (Å²) in [6, 6.07) is 16.7.